The summed E-state index contributed by atoms with van der Waals surface area (Å²) in [7, 11) is 0. The van der Waals surface area contributed by atoms with Crippen LogP contribution in [0.1, 0.15) is 19.7 Å². The molecule has 98 valence electrons. The van der Waals surface area contributed by atoms with Gasteiger partial charge in [-0.2, -0.15) is 0 Å². The van der Waals surface area contributed by atoms with E-state index in [1.807, 2.05) is 43.0 Å². The second-order valence-electron chi connectivity index (χ2n) is 4.99. The zero-order valence-electron chi connectivity index (χ0n) is 10.9. The highest BCUT2D eigenvalue weighted by Gasteiger charge is 2.31. The van der Waals surface area contributed by atoms with E-state index in [4.69, 9.17) is 5.41 Å². The first-order valence-corrected chi connectivity index (χ1v) is 6.30. The van der Waals surface area contributed by atoms with Crippen molar-refractivity contribution in [1.82, 2.24) is 14.9 Å². The number of aliphatic hydroxyl groups is 1. The molecule has 3 N–H and O–H groups in total. The summed E-state index contributed by atoms with van der Waals surface area (Å²) < 4.78 is 0. The number of benzene rings is 1. The molecule has 0 spiro atoms. The van der Waals surface area contributed by atoms with Crippen molar-refractivity contribution in [3.63, 3.8) is 0 Å². The van der Waals surface area contributed by atoms with Gasteiger partial charge in [0.05, 0.1) is 23.2 Å². The molecule has 5 heteroatoms. The summed E-state index contributed by atoms with van der Waals surface area (Å²) in [5, 5.41) is 18.3. The lowest BCUT2D eigenvalue weighted by molar-refractivity contribution is 0.318. The minimum atomic E-state index is 0.177. The van der Waals surface area contributed by atoms with Gasteiger partial charge >= 0.3 is 0 Å². The number of nitrogens with one attached hydrogen (secondary N) is 2. The summed E-state index contributed by atoms with van der Waals surface area (Å²) in [4.78, 5) is 9.45. The fraction of sp³-hybridized carbons (Fsp3) is 0.286. The third kappa shape index (κ3) is 1.78. The molecule has 0 atom stereocenters. The number of amidine groups is 1. The van der Waals surface area contributed by atoms with Gasteiger partial charge in [-0.3, -0.25) is 5.41 Å². The number of aromatic nitrogens is 2. The monoisotopic (exact) mass is 256 g/mol. The molecular formula is C14H16N4O. The van der Waals surface area contributed by atoms with E-state index in [2.05, 4.69) is 9.97 Å². The van der Waals surface area contributed by atoms with Gasteiger partial charge in [0.2, 0.25) is 0 Å². The summed E-state index contributed by atoms with van der Waals surface area (Å²) in [6, 6.07) is 7.87. The van der Waals surface area contributed by atoms with Crippen molar-refractivity contribution in [2.24, 2.45) is 0 Å². The Balaban J connectivity index is 2.06. The van der Waals surface area contributed by atoms with Gasteiger partial charge in [-0.15, -0.1) is 0 Å². The molecule has 1 aliphatic rings. The van der Waals surface area contributed by atoms with Crippen molar-refractivity contribution in [3.05, 3.63) is 35.8 Å². The van der Waals surface area contributed by atoms with Crippen LogP contribution in [-0.2, 0) is 0 Å². The normalized spacial score (nSPS) is 16.2. The Labute approximate surface area is 111 Å². The fourth-order valence-corrected chi connectivity index (χ4v) is 2.36. The molecule has 0 radical (unpaired) electrons. The Kier molecular flexibility index (Phi) is 2.55. The molecule has 0 fully saturated rings. The quantitative estimate of drug-likeness (QED) is 0.772. The predicted molar refractivity (Wildman–Crippen MR) is 75.2 cm³/mol. The Bertz CT molecular complexity index is 651. The minimum Gasteiger partial charge on any atom is -0.510 e. The predicted octanol–water partition coefficient (Wildman–Crippen LogP) is 2.53. The van der Waals surface area contributed by atoms with Gasteiger partial charge in [0.1, 0.15) is 17.4 Å². The molecule has 0 amide bonds. The fourth-order valence-electron chi connectivity index (χ4n) is 2.36. The van der Waals surface area contributed by atoms with Crippen LogP contribution in [-0.4, -0.2) is 38.4 Å². The summed E-state index contributed by atoms with van der Waals surface area (Å²) in [5.41, 5.74) is 2.26. The SMILES string of the molecule is CC(C)N1CC(O)=C(c2nc3ccccc3[nH]2)C1=N. The maximum Gasteiger partial charge on any atom is 0.145 e. The van der Waals surface area contributed by atoms with Crippen molar-refractivity contribution in [2.75, 3.05) is 6.54 Å². The number of aliphatic hydroxyl groups excluding tert-OH is 1. The van der Waals surface area contributed by atoms with Gasteiger partial charge < -0.3 is 15.0 Å². The van der Waals surface area contributed by atoms with Crippen molar-refractivity contribution in [2.45, 2.75) is 19.9 Å². The molecule has 0 aliphatic carbocycles. The summed E-state index contributed by atoms with van der Waals surface area (Å²) in [6.45, 7) is 4.38. The topological polar surface area (TPSA) is 76.0 Å². The van der Waals surface area contributed by atoms with Gasteiger partial charge in [-0.05, 0) is 26.0 Å². The van der Waals surface area contributed by atoms with E-state index in [-0.39, 0.29) is 11.8 Å². The van der Waals surface area contributed by atoms with E-state index in [0.29, 0.717) is 23.8 Å². The first-order chi connectivity index (χ1) is 9.08. The van der Waals surface area contributed by atoms with Crippen LogP contribution < -0.4 is 0 Å². The van der Waals surface area contributed by atoms with Crippen LogP contribution >= 0.6 is 0 Å². The van der Waals surface area contributed by atoms with Crippen molar-refractivity contribution >= 4 is 22.4 Å². The van der Waals surface area contributed by atoms with Gasteiger partial charge in [0.25, 0.3) is 0 Å². The van der Waals surface area contributed by atoms with Crippen LogP contribution in [0, 0.1) is 5.41 Å². The van der Waals surface area contributed by atoms with Gasteiger partial charge in [0, 0.05) is 6.04 Å². The Morgan fingerprint density at radius 1 is 1.37 bits per heavy atom. The van der Waals surface area contributed by atoms with Gasteiger partial charge in [-0.25, -0.2) is 4.98 Å². The molecule has 1 aliphatic heterocycles. The van der Waals surface area contributed by atoms with Crippen LogP contribution in [0.3, 0.4) is 0 Å². The maximum absolute atomic E-state index is 10.1. The number of para-hydroxylation sites is 2. The molecule has 0 saturated carbocycles. The average Bonchev–Trinajstić information content (AvgIpc) is 2.90. The molecule has 1 aromatic heterocycles. The van der Waals surface area contributed by atoms with Crippen LogP contribution in [0.5, 0.6) is 0 Å². The number of fused-ring (bicyclic) bond motifs is 1. The molecule has 5 nitrogen and oxygen atoms in total. The number of H-pyrrole nitrogens is 1. The third-order valence-corrected chi connectivity index (χ3v) is 3.38. The molecular weight excluding hydrogens is 240 g/mol. The lowest BCUT2D eigenvalue weighted by Gasteiger charge is -2.22. The van der Waals surface area contributed by atoms with Crippen LogP contribution in [0.15, 0.2) is 30.0 Å². The van der Waals surface area contributed by atoms with Gasteiger partial charge in [0.15, 0.2) is 0 Å². The lowest BCUT2D eigenvalue weighted by Crippen LogP contribution is -2.33. The van der Waals surface area contributed by atoms with Crippen LogP contribution in [0.4, 0.5) is 0 Å². The molecule has 19 heavy (non-hydrogen) atoms. The van der Waals surface area contributed by atoms with Crippen LogP contribution in [0.25, 0.3) is 16.6 Å². The highest BCUT2D eigenvalue weighted by atomic mass is 16.3. The number of hydrogen-bond acceptors (Lipinski definition) is 3. The first kappa shape index (κ1) is 11.8. The largest absolute Gasteiger partial charge is 0.510 e. The third-order valence-electron chi connectivity index (χ3n) is 3.38. The molecule has 3 rings (SSSR count). The molecule has 2 heterocycles. The Morgan fingerprint density at radius 2 is 2.11 bits per heavy atom. The van der Waals surface area contributed by atoms with E-state index >= 15 is 0 Å². The van der Waals surface area contributed by atoms with E-state index < -0.39 is 0 Å². The zero-order chi connectivity index (χ0) is 13.6. The minimum absolute atomic E-state index is 0.177. The number of hydrogen-bond donors (Lipinski definition) is 3. The molecule has 0 bridgehead atoms. The zero-order valence-corrected chi connectivity index (χ0v) is 10.9. The summed E-state index contributed by atoms with van der Waals surface area (Å²) in [6.07, 6.45) is 0. The molecule has 0 unspecified atom stereocenters. The van der Waals surface area contributed by atoms with Crippen molar-refractivity contribution < 1.29 is 5.11 Å². The van der Waals surface area contributed by atoms with Crippen LogP contribution in [0.2, 0.25) is 0 Å². The molecule has 0 saturated heterocycles. The highest BCUT2D eigenvalue weighted by Crippen LogP contribution is 2.28. The second-order valence-corrected chi connectivity index (χ2v) is 4.99. The lowest BCUT2D eigenvalue weighted by atomic mass is 10.2. The van der Waals surface area contributed by atoms with Crippen molar-refractivity contribution in [3.8, 4) is 0 Å². The molecule has 2 aromatic rings. The standard InChI is InChI=1S/C14H16N4O/c1-8(2)18-7-11(19)12(13(18)15)14-16-9-5-3-4-6-10(9)17-14/h3-6,8,15,19H,7H2,1-2H3,(H,16,17). The maximum atomic E-state index is 10.1. The number of aromatic amines is 1. The van der Waals surface area contributed by atoms with E-state index in [9.17, 15) is 5.11 Å². The van der Waals surface area contributed by atoms with E-state index in [1.165, 1.54) is 0 Å². The Morgan fingerprint density at radius 3 is 2.74 bits per heavy atom. The van der Waals surface area contributed by atoms with E-state index in [0.717, 1.165) is 11.0 Å². The molecule has 1 aromatic carbocycles. The summed E-state index contributed by atoms with van der Waals surface area (Å²) >= 11 is 0. The van der Waals surface area contributed by atoms with Gasteiger partial charge in [-0.1, -0.05) is 12.1 Å². The van der Waals surface area contributed by atoms with E-state index in [1.54, 1.807) is 0 Å². The summed E-state index contributed by atoms with van der Waals surface area (Å²) in [5.74, 6) is 1.09. The average molecular weight is 256 g/mol. The second kappa shape index (κ2) is 4.12. The Hall–Kier alpha value is -2.30. The van der Waals surface area contributed by atoms with Crippen molar-refractivity contribution in [1.29, 1.82) is 5.41 Å². The number of imidazole rings is 1. The number of rotatable bonds is 2. The smallest absolute Gasteiger partial charge is 0.145 e. The number of nitrogens with zero attached hydrogens (tertiary/aromatic N) is 2. The first-order valence-electron chi connectivity index (χ1n) is 6.30. The highest BCUT2D eigenvalue weighted by molar-refractivity contribution is 6.23.